The Morgan fingerprint density at radius 3 is 2.65 bits per heavy atom. The fraction of sp³-hybridized carbons (Fsp3) is 0.562. The van der Waals surface area contributed by atoms with Gasteiger partial charge in [0.05, 0.1) is 6.42 Å². The average Bonchev–Trinajstić information content (AvgIpc) is 2.48. The van der Waals surface area contributed by atoms with Crippen molar-refractivity contribution >= 4 is 5.97 Å². The number of ether oxygens (including phenoxy) is 3. The monoisotopic (exact) mass is 276 g/mol. The molecule has 0 radical (unpaired) electrons. The van der Waals surface area contributed by atoms with Crippen LogP contribution in [0.1, 0.15) is 37.7 Å². The van der Waals surface area contributed by atoms with E-state index in [9.17, 15) is 4.79 Å². The Morgan fingerprint density at radius 2 is 1.85 bits per heavy atom. The van der Waals surface area contributed by atoms with Crippen LogP contribution in [-0.2, 0) is 16.0 Å². The lowest BCUT2D eigenvalue weighted by Crippen LogP contribution is -2.22. The molecule has 0 N–H and O–H groups in total. The van der Waals surface area contributed by atoms with E-state index in [1.54, 1.807) is 0 Å². The number of hydrogen-bond acceptors (Lipinski definition) is 4. The topological polar surface area (TPSA) is 44.8 Å². The zero-order chi connectivity index (χ0) is 13.8. The zero-order valence-electron chi connectivity index (χ0n) is 11.6. The molecule has 0 bridgehead atoms. The Labute approximate surface area is 119 Å². The van der Waals surface area contributed by atoms with E-state index in [0.717, 1.165) is 29.9 Å². The molecular formula is C16H20O4. The molecule has 3 rings (SSSR count). The van der Waals surface area contributed by atoms with Gasteiger partial charge in [-0.1, -0.05) is 12.5 Å². The summed E-state index contributed by atoms with van der Waals surface area (Å²) in [6.45, 7) is 1.14. The van der Waals surface area contributed by atoms with Crippen molar-refractivity contribution in [1.82, 2.24) is 0 Å². The summed E-state index contributed by atoms with van der Waals surface area (Å²) in [4.78, 5) is 12.0. The molecule has 0 amide bonds. The predicted molar refractivity (Wildman–Crippen MR) is 74.1 cm³/mol. The molecule has 2 aliphatic rings. The summed E-state index contributed by atoms with van der Waals surface area (Å²) in [5.74, 6) is 1.33. The Balaban J connectivity index is 1.58. The highest BCUT2D eigenvalue weighted by atomic mass is 16.6. The molecular weight excluding hydrogens is 256 g/mol. The smallest absolute Gasteiger partial charge is 0.310 e. The molecule has 1 saturated carbocycles. The second kappa shape index (κ2) is 6.16. The Kier molecular flexibility index (Phi) is 4.09. The number of benzene rings is 1. The number of hydrogen-bond donors (Lipinski definition) is 0. The van der Waals surface area contributed by atoms with Crippen molar-refractivity contribution < 1.29 is 19.0 Å². The molecule has 4 heteroatoms. The molecule has 0 aromatic heterocycles. The van der Waals surface area contributed by atoms with Gasteiger partial charge in [0.2, 0.25) is 0 Å². The molecule has 0 spiro atoms. The van der Waals surface area contributed by atoms with Gasteiger partial charge in [0.25, 0.3) is 0 Å². The van der Waals surface area contributed by atoms with Crippen LogP contribution in [-0.4, -0.2) is 25.3 Å². The van der Waals surface area contributed by atoms with Crippen molar-refractivity contribution in [1.29, 1.82) is 0 Å². The first kappa shape index (κ1) is 13.3. The van der Waals surface area contributed by atoms with Gasteiger partial charge in [-0.05, 0) is 43.4 Å². The zero-order valence-corrected chi connectivity index (χ0v) is 11.6. The highest BCUT2D eigenvalue weighted by Crippen LogP contribution is 2.31. The van der Waals surface area contributed by atoms with Gasteiger partial charge in [-0.25, -0.2) is 0 Å². The molecule has 1 fully saturated rings. The van der Waals surface area contributed by atoms with Crippen molar-refractivity contribution in [2.24, 2.45) is 0 Å². The van der Waals surface area contributed by atoms with E-state index in [0.29, 0.717) is 19.6 Å². The largest absolute Gasteiger partial charge is 0.486 e. The average molecular weight is 276 g/mol. The molecule has 0 atom stereocenters. The van der Waals surface area contributed by atoms with Gasteiger partial charge >= 0.3 is 5.97 Å². The third-order valence-corrected chi connectivity index (χ3v) is 3.81. The van der Waals surface area contributed by atoms with E-state index in [1.165, 1.54) is 19.3 Å². The standard InChI is InChI=1S/C16H20O4/c17-16(20-13-4-2-1-3-5-13)11-12-6-7-14-15(10-12)19-9-8-18-14/h6-7,10,13H,1-5,8-9,11H2. The van der Waals surface area contributed by atoms with Gasteiger partial charge in [0, 0.05) is 0 Å². The van der Waals surface area contributed by atoms with E-state index < -0.39 is 0 Å². The van der Waals surface area contributed by atoms with E-state index in [1.807, 2.05) is 18.2 Å². The molecule has 1 heterocycles. The van der Waals surface area contributed by atoms with Crippen molar-refractivity contribution in [2.45, 2.75) is 44.6 Å². The van der Waals surface area contributed by atoms with Crippen LogP contribution in [0.3, 0.4) is 0 Å². The first-order chi connectivity index (χ1) is 9.81. The lowest BCUT2D eigenvalue weighted by Gasteiger charge is -2.22. The van der Waals surface area contributed by atoms with Gasteiger partial charge in [-0.3, -0.25) is 4.79 Å². The minimum Gasteiger partial charge on any atom is -0.486 e. The predicted octanol–water partition coefficient (Wildman–Crippen LogP) is 2.88. The molecule has 108 valence electrons. The second-order valence-corrected chi connectivity index (χ2v) is 5.40. The highest BCUT2D eigenvalue weighted by molar-refractivity contribution is 5.73. The Hall–Kier alpha value is -1.71. The maximum absolute atomic E-state index is 12.0. The normalized spacial score (nSPS) is 18.6. The van der Waals surface area contributed by atoms with Crippen molar-refractivity contribution in [2.75, 3.05) is 13.2 Å². The van der Waals surface area contributed by atoms with Crippen LogP contribution in [0.5, 0.6) is 11.5 Å². The van der Waals surface area contributed by atoms with Crippen LogP contribution >= 0.6 is 0 Å². The summed E-state index contributed by atoms with van der Waals surface area (Å²) in [6, 6.07) is 5.63. The van der Waals surface area contributed by atoms with Crippen molar-refractivity contribution in [3.63, 3.8) is 0 Å². The maximum Gasteiger partial charge on any atom is 0.310 e. The first-order valence-electron chi connectivity index (χ1n) is 7.39. The van der Waals surface area contributed by atoms with E-state index in [-0.39, 0.29) is 12.1 Å². The molecule has 1 aromatic rings. The minimum absolute atomic E-state index is 0.119. The van der Waals surface area contributed by atoms with Crippen LogP contribution in [0.15, 0.2) is 18.2 Å². The number of carbonyl (C=O) groups excluding carboxylic acids is 1. The minimum atomic E-state index is -0.145. The molecule has 4 nitrogen and oxygen atoms in total. The lowest BCUT2D eigenvalue weighted by molar-refractivity contribution is -0.149. The van der Waals surface area contributed by atoms with Gasteiger partial charge in [0.1, 0.15) is 19.3 Å². The summed E-state index contributed by atoms with van der Waals surface area (Å²) in [6.07, 6.45) is 6.03. The molecule has 1 aliphatic heterocycles. The first-order valence-corrected chi connectivity index (χ1v) is 7.39. The van der Waals surface area contributed by atoms with E-state index in [2.05, 4.69) is 0 Å². The Morgan fingerprint density at radius 1 is 1.10 bits per heavy atom. The van der Waals surface area contributed by atoms with Crippen LogP contribution in [0, 0.1) is 0 Å². The third-order valence-electron chi connectivity index (χ3n) is 3.81. The summed E-state index contributed by atoms with van der Waals surface area (Å²) in [5, 5.41) is 0. The van der Waals surface area contributed by atoms with E-state index >= 15 is 0 Å². The number of rotatable bonds is 3. The maximum atomic E-state index is 12.0. The van der Waals surface area contributed by atoms with Crippen molar-refractivity contribution in [3.05, 3.63) is 23.8 Å². The molecule has 20 heavy (non-hydrogen) atoms. The Bertz CT molecular complexity index is 477. The van der Waals surface area contributed by atoms with Crippen LogP contribution in [0.2, 0.25) is 0 Å². The molecule has 1 aromatic carbocycles. The molecule has 0 unspecified atom stereocenters. The third kappa shape index (κ3) is 3.24. The van der Waals surface area contributed by atoms with Gasteiger partial charge < -0.3 is 14.2 Å². The van der Waals surface area contributed by atoms with Gasteiger partial charge in [-0.15, -0.1) is 0 Å². The van der Waals surface area contributed by atoms with Crippen molar-refractivity contribution in [3.8, 4) is 11.5 Å². The van der Waals surface area contributed by atoms with E-state index in [4.69, 9.17) is 14.2 Å². The van der Waals surface area contributed by atoms with Crippen LogP contribution in [0.4, 0.5) is 0 Å². The number of carbonyl (C=O) groups is 1. The summed E-state index contributed by atoms with van der Waals surface area (Å²) < 4.78 is 16.5. The number of esters is 1. The molecule has 1 aliphatic carbocycles. The molecule has 0 saturated heterocycles. The second-order valence-electron chi connectivity index (χ2n) is 5.40. The van der Waals surface area contributed by atoms with Gasteiger partial charge in [-0.2, -0.15) is 0 Å². The fourth-order valence-electron chi connectivity index (χ4n) is 2.77. The summed E-state index contributed by atoms with van der Waals surface area (Å²) in [7, 11) is 0. The van der Waals surface area contributed by atoms with Gasteiger partial charge in [0.15, 0.2) is 11.5 Å². The number of fused-ring (bicyclic) bond motifs is 1. The summed E-state index contributed by atoms with van der Waals surface area (Å²) >= 11 is 0. The lowest BCUT2D eigenvalue weighted by atomic mass is 9.98. The van der Waals surface area contributed by atoms with Crippen LogP contribution in [0.25, 0.3) is 0 Å². The highest BCUT2D eigenvalue weighted by Gasteiger charge is 2.19. The SMILES string of the molecule is O=C(Cc1ccc2c(c1)OCCO2)OC1CCCCC1. The fourth-order valence-corrected chi connectivity index (χ4v) is 2.77. The summed E-state index contributed by atoms with van der Waals surface area (Å²) in [5.41, 5.74) is 0.912. The van der Waals surface area contributed by atoms with Crippen LogP contribution < -0.4 is 9.47 Å². The quantitative estimate of drug-likeness (QED) is 0.796.